The van der Waals surface area contributed by atoms with Gasteiger partial charge in [-0.15, -0.1) is 0 Å². The fourth-order valence-corrected chi connectivity index (χ4v) is 2.27. The van der Waals surface area contributed by atoms with E-state index in [0.717, 1.165) is 11.1 Å². The number of furan rings is 1. The second-order valence-corrected chi connectivity index (χ2v) is 4.32. The molecule has 3 rings (SSSR count). The molecule has 2 heterocycles. The maximum Gasteiger partial charge on any atom is 0.254 e. The number of aldehydes is 1. The second-order valence-electron chi connectivity index (χ2n) is 4.32. The fraction of sp³-hybridized carbons (Fsp3) is 0.143. The van der Waals surface area contributed by atoms with Crippen molar-refractivity contribution in [2.75, 3.05) is 7.05 Å². The van der Waals surface area contributed by atoms with Crippen LogP contribution >= 0.6 is 0 Å². The van der Waals surface area contributed by atoms with Gasteiger partial charge in [-0.3, -0.25) is 9.59 Å². The minimum absolute atomic E-state index is 0.00958. The Kier molecular flexibility index (Phi) is 2.30. The van der Waals surface area contributed by atoms with Gasteiger partial charge in [0.2, 0.25) is 0 Å². The third-order valence-corrected chi connectivity index (χ3v) is 3.13. The lowest BCUT2D eigenvalue weighted by atomic mass is 10.0. The van der Waals surface area contributed by atoms with Gasteiger partial charge in [-0.25, -0.2) is 0 Å². The number of nitrogens with zero attached hydrogens (tertiary/aromatic N) is 1. The number of carbonyl (C=O) groups excluding carboxylic acids is 2. The van der Waals surface area contributed by atoms with Gasteiger partial charge in [0, 0.05) is 19.2 Å². The summed E-state index contributed by atoms with van der Waals surface area (Å²) in [5.74, 6) is 0.809. The summed E-state index contributed by atoms with van der Waals surface area (Å²) in [5, 5.41) is 0. The molecule has 1 aromatic carbocycles. The molecule has 4 nitrogen and oxygen atoms in total. The Labute approximate surface area is 104 Å². The number of hydrogen-bond donors (Lipinski definition) is 0. The summed E-state index contributed by atoms with van der Waals surface area (Å²) in [7, 11) is 1.77. The third-order valence-electron chi connectivity index (χ3n) is 3.13. The van der Waals surface area contributed by atoms with E-state index in [1.807, 2.05) is 18.2 Å². The fourth-order valence-electron chi connectivity index (χ4n) is 2.27. The Balaban J connectivity index is 2.17. The number of amides is 1. The van der Waals surface area contributed by atoms with Crippen molar-refractivity contribution in [3.05, 3.63) is 47.2 Å². The molecule has 1 aliphatic rings. The Morgan fingerprint density at radius 3 is 2.83 bits per heavy atom. The van der Waals surface area contributed by atoms with Crippen LogP contribution in [-0.4, -0.2) is 24.1 Å². The second kappa shape index (κ2) is 3.84. The van der Waals surface area contributed by atoms with E-state index in [1.54, 1.807) is 24.1 Å². The van der Waals surface area contributed by atoms with Crippen molar-refractivity contribution < 1.29 is 14.0 Å². The molecule has 0 spiro atoms. The summed E-state index contributed by atoms with van der Waals surface area (Å²) < 4.78 is 5.39. The minimum Gasteiger partial charge on any atom is -0.453 e. The van der Waals surface area contributed by atoms with Gasteiger partial charge in [0.15, 0.2) is 12.0 Å². The molecule has 1 aliphatic heterocycles. The van der Waals surface area contributed by atoms with Crippen LogP contribution in [0.2, 0.25) is 0 Å². The zero-order valence-corrected chi connectivity index (χ0v) is 9.84. The summed E-state index contributed by atoms with van der Waals surface area (Å²) in [6, 6.07) is 8.98. The maximum atomic E-state index is 12.1. The van der Waals surface area contributed by atoms with E-state index in [1.165, 1.54) is 0 Å². The Morgan fingerprint density at radius 1 is 1.28 bits per heavy atom. The largest absolute Gasteiger partial charge is 0.453 e. The molecule has 0 N–H and O–H groups in total. The lowest BCUT2D eigenvalue weighted by molar-refractivity contribution is 0.0817. The summed E-state index contributed by atoms with van der Waals surface area (Å²) in [4.78, 5) is 24.4. The highest BCUT2D eigenvalue weighted by Gasteiger charge is 2.28. The van der Waals surface area contributed by atoms with Crippen molar-refractivity contribution in [3.63, 3.8) is 0 Å². The van der Waals surface area contributed by atoms with E-state index in [2.05, 4.69) is 0 Å². The molecule has 0 aliphatic carbocycles. The van der Waals surface area contributed by atoms with Gasteiger partial charge in [0.25, 0.3) is 5.91 Å². The first-order chi connectivity index (χ1) is 8.70. The highest BCUT2D eigenvalue weighted by atomic mass is 16.3. The van der Waals surface area contributed by atoms with E-state index in [-0.39, 0.29) is 11.7 Å². The highest BCUT2D eigenvalue weighted by molar-refractivity contribution is 6.04. The van der Waals surface area contributed by atoms with Crippen LogP contribution in [-0.2, 0) is 6.54 Å². The Bertz CT molecular complexity index is 642. The molecule has 4 heteroatoms. The van der Waals surface area contributed by atoms with E-state index in [0.29, 0.717) is 24.2 Å². The molecular formula is C14H11NO3. The smallest absolute Gasteiger partial charge is 0.254 e. The molecule has 18 heavy (non-hydrogen) atoms. The molecule has 0 fully saturated rings. The number of hydrogen-bond acceptors (Lipinski definition) is 3. The quantitative estimate of drug-likeness (QED) is 0.758. The monoisotopic (exact) mass is 241 g/mol. The molecule has 0 unspecified atom stereocenters. The molecule has 1 amide bonds. The van der Waals surface area contributed by atoms with E-state index in [9.17, 15) is 9.59 Å². The molecule has 2 aromatic rings. The van der Waals surface area contributed by atoms with Gasteiger partial charge in [-0.1, -0.05) is 18.2 Å². The summed E-state index contributed by atoms with van der Waals surface area (Å²) in [6.07, 6.45) is 0.653. The Morgan fingerprint density at radius 2 is 2.11 bits per heavy atom. The van der Waals surface area contributed by atoms with Crippen LogP contribution in [0, 0.1) is 0 Å². The normalized spacial score (nSPS) is 13.8. The first kappa shape index (κ1) is 10.8. The van der Waals surface area contributed by atoms with Crippen LogP contribution in [0.3, 0.4) is 0 Å². The zero-order chi connectivity index (χ0) is 12.7. The highest BCUT2D eigenvalue weighted by Crippen LogP contribution is 2.32. The van der Waals surface area contributed by atoms with Gasteiger partial charge in [-0.05, 0) is 17.7 Å². The van der Waals surface area contributed by atoms with Crippen LogP contribution < -0.4 is 0 Å². The number of rotatable bonds is 2. The first-order valence-electron chi connectivity index (χ1n) is 5.63. The van der Waals surface area contributed by atoms with Crippen molar-refractivity contribution in [1.82, 2.24) is 4.90 Å². The van der Waals surface area contributed by atoms with Gasteiger partial charge in [-0.2, -0.15) is 0 Å². The topological polar surface area (TPSA) is 50.5 Å². The van der Waals surface area contributed by atoms with Crippen LogP contribution in [0.15, 0.2) is 34.7 Å². The number of benzene rings is 1. The standard InChI is InChI=1S/C14H11NO3/c1-15-7-9-3-2-4-11(13(9)14(15)17)12-6-5-10(8-16)18-12/h2-6,8H,7H2,1H3. The summed E-state index contributed by atoms with van der Waals surface area (Å²) >= 11 is 0. The van der Waals surface area contributed by atoms with Gasteiger partial charge >= 0.3 is 0 Å². The van der Waals surface area contributed by atoms with Gasteiger partial charge in [0.1, 0.15) is 5.76 Å². The predicted octanol–water partition coefficient (Wildman–Crippen LogP) is 2.34. The molecule has 1 aromatic heterocycles. The molecule has 0 saturated carbocycles. The SMILES string of the molecule is CN1Cc2cccc(-c3ccc(C=O)o3)c2C1=O. The number of carbonyl (C=O) groups is 2. The minimum atomic E-state index is -0.00958. The Hall–Kier alpha value is -2.36. The molecule has 0 saturated heterocycles. The average molecular weight is 241 g/mol. The summed E-state index contributed by atoms with van der Waals surface area (Å²) in [6.45, 7) is 0.614. The predicted molar refractivity (Wildman–Crippen MR) is 65.3 cm³/mol. The van der Waals surface area contributed by atoms with E-state index < -0.39 is 0 Å². The van der Waals surface area contributed by atoms with Crippen LogP contribution in [0.4, 0.5) is 0 Å². The van der Waals surface area contributed by atoms with Crippen LogP contribution in [0.25, 0.3) is 11.3 Å². The van der Waals surface area contributed by atoms with Crippen molar-refractivity contribution in [1.29, 1.82) is 0 Å². The zero-order valence-electron chi connectivity index (χ0n) is 9.84. The molecule has 0 radical (unpaired) electrons. The maximum absolute atomic E-state index is 12.1. The molecule has 90 valence electrons. The van der Waals surface area contributed by atoms with Crippen molar-refractivity contribution in [3.8, 4) is 11.3 Å². The molecular weight excluding hydrogens is 230 g/mol. The van der Waals surface area contributed by atoms with Crippen LogP contribution in [0.5, 0.6) is 0 Å². The van der Waals surface area contributed by atoms with Crippen molar-refractivity contribution in [2.24, 2.45) is 0 Å². The van der Waals surface area contributed by atoms with Crippen molar-refractivity contribution in [2.45, 2.75) is 6.54 Å². The van der Waals surface area contributed by atoms with Crippen molar-refractivity contribution >= 4 is 12.2 Å². The van der Waals surface area contributed by atoms with Crippen LogP contribution in [0.1, 0.15) is 26.5 Å². The van der Waals surface area contributed by atoms with E-state index in [4.69, 9.17) is 4.42 Å². The lowest BCUT2D eigenvalue weighted by Gasteiger charge is -2.06. The van der Waals surface area contributed by atoms with Gasteiger partial charge < -0.3 is 9.32 Å². The molecule has 0 bridgehead atoms. The molecule has 0 atom stereocenters. The summed E-state index contributed by atoms with van der Waals surface area (Å²) in [5.41, 5.74) is 2.41. The third kappa shape index (κ3) is 1.46. The first-order valence-corrected chi connectivity index (χ1v) is 5.63. The van der Waals surface area contributed by atoms with Gasteiger partial charge in [0.05, 0.1) is 5.56 Å². The number of fused-ring (bicyclic) bond motifs is 1. The lowest BCUT2D eigenvalue weighted by Crippen LogP contribution is -2.17. The van der Waals surface area contributed by atoms with E-state index >= 15 is 0 Å². The average Bonchev–Trinajstić information content (AvgIpc) is 2.95.